The molecule has 0 bridgehead atoms. The second-order valence-electron chi connectivity index (χ2n) is 7.20. The molecule has 7 nitrogen and oxygen atoms in total. The molecule has 0 fully saturated rings. The van der Waals surface area contributed by atoms with E-state index >= 15 is 0 Å². The Morgan fingerprint density at radius 3 is 1.84 bits per heavy atom. The van der Waals surface area contributed by atoms with E-state index in [0.29, 0.717) is 22.4 Å². The summed E-state index contributed by atoms with van der Waals surface area (Å²) in [6, 6.07) is 10.5. The quantitative estimate of drug-likeness (QED) is 0.394. The second kappa shape index (κ2) is 9.09. The Morgan fingerprint density at radius 1 is 0.774 bits per heavy atom. The number of nitrogens with zero attached hydrogens (tertiary/aromatic N) is 2. The van der Waals surface area contributed by atoms with E-state index < -0.39 is 16.1 Å². The summed E-state index contributed by atoms with van der Waals surface area (Å²) >= 11 is 0. The molecule has 0 spiro atoms. The van der Waals surface area contributed by atoms with Crippen LogP contribution in [0.3, 0.4) is 0 Å². The van der Waals surface area contributed by atoms with Crippen molar-refractivity contribution in [3.63, 3.8) is 0 Å². The van der Waals surface area contributed by atoms with Crippen molar-refractivity contribution in [3.8, 4) is 0 Å². The summed E-state index contributed by atoms with van der Waals surface area (Å²) < 4.78 is 30.0. The normalized spacial score (nSPS) is 13.2. The average Bonchev–Trinajstić information content (AvgIpc) is 2.71. The molecule has 3 rings (SSSR count). The molecule has 1 aliphatic rings. The van der Waals surface area contributed by atoms with Crippen molar-refractivity contribution in [3.05, 3.63) is 88.5 Å². The zero-order chi connectivity index (χ0) is 22.6. The Labute approximate surface area is 181 Å². The summed E-state index contributed by atoms with van der Waals surface area (Å²) in [5.41, 5.74) is 4.22. The van der Waals surface area contributed by atoms with E-state index in [1.165, 1.54) is 24.3 Å². The molecule has 8 heteroatoms. The maximum absolute atomic E-state index is 12.6. The van der Waals surface area contributed by atoms with Gasteiger partial charge < -0.3 is 4.84 Å². The summed E-state index contributed by atoms with van der Waals surface area (Å²) in [6.45, 7) is 7.24. The minimum atomic E-state index is -4.06. The first-order valence-electron chi connectivity index (χ1n) is 9.47. The molecule has 0 saturated heterocycles. The molecule has 31 heavy (non-hydrogen) atoms. The number of hydrogen-bond acceptors (Lipinski definition) is 7. The number of allylic oxidation sites excluding steroid dienone is 4. The molecule has 0 N–H and O–H groups in total. The Hall–Kier alpha value is -3.52. The fourth-order valence-electron chi connectivity index (χ4n) is 3.10. The van der Waals surface area contributed by atoms with E-state index in [-0.39, 0.29) is 10.6 Å². The van der Waals surface area contributed by atoms with E-state index in [1.807, 2.05) is 13.8 Å². The van der Waals surface area contributed by atoms with Crippen molar-refractivity contribution in [2.75, 3.05) is 0 Å². The third-order valence-corrected chi connectivity index (χ3v) is 5.88. The zero-order valence-electron chi connectivity index (χ0n) is 17.6. The van der Waals surface area contributed by atoms with Gasteiger partial charge in [-0.05, 0) is 75.3 Å². The number of benzene rings is 2. The molecule has 0 aliphatic heterocycles. The lowest BCUT2D eigenvalue weighted by Gasteiger charge is -2.10. The SMILES string of the molecule is Cc1ccc(C(=O)ON=C2C=CC(=NOS(=O)(=O)c3c(C)cc(C)cc3C)C=C2)cc1. The highest BCUT2D eigenvalue weighted by molar-refractivity contribution is 7.86. The van der Waals surface area contributed by atoms with E-state index in [4.69, 9.17) is 9.12 Å². The van der Waals surface area contributed by atoms with Crippen molar-refractivity contribution < 1.29 is 22.3 Å². The molecule has 2 aromatic carbocycles. The third kappa shape index (κ3) is 5.55. The van der Waals surface area contributed by atoms with Gasteiger partial charge in [0.25, 0.3) is 0 Å². The largest absolute Gasteiger partial charge is 0.365 e. The number of carbonyl (C=O) groups excluding carboxylic acids is 1. The lowest BCUT2D eigenvalue weighted by molar-refractivity contribution is 0.0517. The maximum Gasteiger partial charge on any atom is 0.365 e. The molecule has 160 valence electrons. The van der Waals surface area contributed by atoms with Gasteiger partial charge in [0.2, 0.25) is 0 Å². The standard InChI is InChI=1S/C23H22N2O5S/c1-15-5-7-19(8-6-15)23(26)29-24-20-9-11-21(12-10-20)25-30-31(27,28)22-17(3)13-16(2)14-18(22)4/h5-14H,1-4H3. The first-order chi connectivity index (χ1) is 14.7. The number of aryl methyl sites for hydroxylation is 4. The van der Waals surface area contributed by atoms with E-state index in [0.717, 1.165) is 11.1 Å². The predicted octanol–water partition coefficient (Wildman–Crippen LogP) is 4.32. The van der Waals surface area contributed by atoms with Crippen LogP contribution in [0.4, 0.5) is 0 Å². The summed E-state index contributed by atoms with van der Waals surface area (Å²) in [6.07, 6.45) is 6.06. The minimum Gasteiger partial charge on any atom is -0.312 e. The molecule has 0 saturated carbocycles. The van der Waals surface area contributed by atoms with Crippen LogP contribution in [0, 0.1) is 27.7 Å². The highest BCUT2D eigenvalue weighted by Gasteiger charge is 2.22. The summed E-state index contributed by atoms with van der Waals surface area (Å²) in [5.74, 6) is -0.577. The Bertz CT molecular complexity index is 1200. The highest BCUT2D eigenvalue weighted by Crippen LogP contribution is 2.24. The van der Waals surface area contributed by atoms with Crippen molar-refractivity contribution in [2.24, 2.45) is 10.3 Å². The summed E-state index contributed by atoms with van der Waals surface area (Å²) in [7, 11) is -4.06. The molecule has 0 amide bonds. The van der Waals surface area contributed by atoms with Gasteiger partial charge in [0.1, 0.15) is 16.3 Å². The smallest absolute Gasteiger partial charge is 0.312 e. The molecule has 0 unspecified atom stereocenters. The summed E-state index contributed by atoms with van der Waals surface area (Å²) in [4.78, 5) is 17.0. The van der Waals surface area contributed by atoms with Crippen LogP contribution in [-0.2, 0) is 19.2 Å². The topological polar surface area (TPSA) is 94.4 Å². The van der Waals surface area contributed by atoms with Crippen molar-refractivity contribution >= 4 is 27.5 Å². The molecule has 0 radical (unpaired) electrons. The number of hydrogen-bond donors (Lipinski definition) is 0. The van der Waals surface area contributed by atoms with Crippen LogP contribution in [0.25, 0.3) is 0 Å². The predicted molar refractivity (Wildman–Crippen MR) is 119 cm³/mol. The third-order valence-electron chi connectivity index (χ3n) is 4.47. The number of oxime groups is 2. The van der Waals surface area contributed by atoms with Crippen LogP contribution in [0.15, 0.2) is 75.9 Å². The van der Waals surface area contributed by atoms with Crippen LogP contribution in [0.1, 0.15) is 32.6 Å². The monoisotopic (exact) mass is 438 g/mol. The zero-order valence-corrected chi connectivity index (χ0v) is 18.4. The Morgan fingerprint density at radius 2 is 1.29 bits per heavy atom. The molecular formula is C23H22N2O5S. The van der Waals surface area contributed by atoms with Gasteiger partial charge in [-0.15, -0.1) is 0 Å². The molecule has 0 aromatic heterocycles. The van der Waals surface area contributed by atoms with Crippen LogP contribution in [-0.4, -0.2) is 25.8 Å². The van der Waals surface area contributed by atoms with Gasteiger partial charge in [0, 0.05) is 0 Å². The van der Waals surface area contributed by atoms with Crippen molar-refractivity contribution in [1.82, 2.24) is 0 Å². The van der Waals surface area contributed by atoms with E-state index in [1.54, 1.807) is 50.2 Å². The van der Waals surface area contributed by atoms with Crippen LogP contribution in [0.5, 0.6) is 0 Å². The van der Waals surface area contributed by atoms with E-state index in [9.17, 15) is 13.2 Å². The molecule has 0 heterocycles. The first kappa shape index (κ1) is 22.2. The first-order valence-corrected chi connectivity index (χ1v) is 10.9. The van der Waals surface area contributed by atoms with Gasteiger partial charge in [-0.3, -0.25) is 4.28 Å². The lowest BCUT2D eigenvalue weighted by atomic mass is 10.1. The molecule has 1 aliphatic carbocycles. The Balaban J connectivity index is 1.66. The summed E-state index contributed by atoms with van der Waals surface area (Å²) in [5, 5.41) is 7.50. The number of rotatable bonds is 5. The van der Waals surface area contributed by atoms with Crippen LogP contribution in [0.2, 0.25) is 0 Å². The molecular weight excluding hydrogens is 416 g/mol. The van der Waals surface area contributed by atoms with Gasteiger partial charge in [-0.2, -0.15) is 8.42 Å². The van der Waals surface area contributed by atoms with Gasteiger partial charge >= 0.3 is 16.1 Å². The highest BCUT2D eigenvalue weighted by atomic mass is 32.2. The molecule has 2 aromatic rings. The van der Waals surface area contributed by atoms with Gasteiger partial charge in [0.15, 0.2) is 0 Å². The van der Waals surface area contributed by atoms with Crippen LogP contribution < -0.4 is 0 Å². The van der Waals surface area contributed by atoms with Crippen LogP contribution >= 0.6 is 0 Å². The van der Waals surface area contributed by atoms with Gasteiger partial charge in [-0.25, -0.2) is 4.79 Å². The maximum atomic E-state index is 12.6. The van der Waals surface area contributed by atoms with Crippen molar-refractivity contribution in [1.29, 1.82) is 0 Å². The fourth-order valence-corrected chi connectivity index (χ4v) is 4.27. The number of carbonyl (C=O) groups is 1. The van der Waals surface area contributed by atoms with Gasteiger partial charge in [-0.1, -0.05) is 45.7 Å². The lowest BCUT2D eigenvalue weighted by Crippen LogP contribution is -2.09. The van der Waals surface area contributed by atoms with Gasteiger partial charge in [0.05, 0.1) is 5.56 Å². The minimum absolute atomic E-state index is 0.108. The van der Waals surface area contributed by atoms with Crippen molar-refractivity contribution in [2.45, 2.75) is 32.6 Å². The van der Waals surface area contributed by atoms with E-state index in [2.05, 4.69) is 10.3 Å². The Kier molecular flexibility index (Phi) is 6.50. The fraction of sp³-hybridized carbons (Fsp3) is 0.174. The average molecular weight is 439 g/mol. The second-order valence-corrected chi connectivity index (χ2v) is 8.67. The molecule has 0 atom stereocenters.